The first-order chi connectivity index (χ1) is 35.0. The van der Waals surface area contributed by atoms with Crippen LogP contribution in [0.15, 0.2) is 36.5 Å². The fraction of sp³-hybridized carbons (Fsp3) is 0.877. The van der Waals surface area contributed by atoms with E-state index in [1.54, 1.807) is 6.08 Å². The molecule has 0 aliphatic heterocycles. The largest absolute Gasteiger partial charge is 0.466 e. The van der Waals surface area contributed by atoms with Crippen molar-refractivity contribution in [1.29, 1.82) is 0 Å². The molecule has 0 rings (SSSR count). The van der Waals surface area contributed by atoms with Gasteiger partial charge in [0.25, 0.3) is 0 Å². The summed E-state index contributed by atoms with van der Waals surface area (Å²) in [6, 6.07) is -0.635. The molecule has 0 fully saturated rings. The maximum atomic E-state index is 12.5. The van der Waals surface area contributed by atoms with Gasteiger partial charge in [0.15, 0.2) is 0 Å². The van der Waals surface area contributed by atoms with Crippen molar-refractivity contribution in [1.82, 2.24) is 5.32 Å². The smallest absolute Gasteiger partial charge is 0.305 e. The van der Waals surface area contributed by atoms with Gasteiger partial charge in [0.1, 0.15) is 0 Å². The molecule has 0 aliphatic carbocycles. The number of hydrogen-bond acceptors (Lipinski definition) is 5. The van der Waals surface area contributed by atoms with Crippen molar-refractivity contribution >= 4 is 11.9 Å². The molecule has 6 heteroatoms. The van der Waals surface area contributed by atoms with Gasteiger partial charge in [0, 0.05) is 12.8 Å². The van der Waals surface area contributed by atoms with Gasteiger partial charge in [-0.1, -0.05) is 281 Å². The van der Waals surface area contributed by atoms with Crippen LogP contribution in [0.2, 0.25) is 0 Å². The molecule has 0 aliphatic rings. The van der Waals surface area contributed by atoms with Gasteiger partial charge in [-0.15, -0.1) is 0 Å². The van der Waals surface area contributed by atoms with Crippen molar-refractivity contribution in [3.8, 4) is 0 Å². The van der Waals surface area contributed by atoms with E-state index in [1.807, 2.05) is 6.08 Å². The number of allylic oxidation sites excluding steroid dienone is 5. The molecular formula is C65H123NO5. The summed E-state index contributed by atoms with van der Waals surface area (Å²) >= 11 is 0. The number of hydrogen-bond donors (Lipinski definition) is 3. The number of aliphatic hydroxyl groups excluding tert-OH is 2. The third kappa shape index (κ3) is 57.2. The molecule has 2 unspecified atom stereocenters. The van der Waals surface area contributed by atoms with Crippen LogP contribution in [0.25, 0.3) is 0 Å². The zero-order chi connectivity index (χ0) is 51.4. The van der Waals surface area contributed by atoms with E-state index in [0.717, 1.165) is 51.4 Å². The SMILES string of the molecule is CCCCCC/C=C\CCCCCCCC(=O)OCCCCCCCCCCCC/C=C\CCCCCCCCCC(=O)NC(CO)C(O)/C=C/CCCCCCCCCCCCCCCCCCCC. The van der Waals surface area contributed by atoms with E-state index < -0.39 is 12.1 Å². The number of carbonyl (C=O) groups excluding carboxylic acids is 2. The van der Waals surface area contributed by atoms with Crippen molar-refractivity contribution in [2.75, 3.05) is 13.2 Å². The van der Waals surface area contributed by atoms with Crippen LogP contribution >= 0.6 is 0 Å². The minimum atomic E-state index is -0.850. The Hall–Kier alpha value is -1.92. The zero-order valence-electron chi connectivity index (χ0n) is 47.7. The molecule has 3 N–H and O–H groups in total. The van der Waals surface area contributed by atoms with Crippen LogP contribution in [-0.4, -0.2) is 47.4 Å². The number of unbranched alkanes of at least 4 members (excludes halogenated alkanes) is 44. The fourth-order valence-electron chi connectivity index (χ4n) is 9.74. The van der Waals surface area contributed by atoms with Gasteiger partial charge in [-0.25, -0.2) is 0 Å². The van der Waals surface area contributed by atoms with E-state index in [0.29, 0.717) is 19.4 Å². The molecule has 418 valence electrons. The van der Waals surface area contributed by atoms with E-state index in [1.165, 1.54) is 263 Å². The van der Waals surface area contributed by atoms with Crippen molar-refractivity contribution in [3.63, 3.8) is 0 Å². The lowest BCUT2D eigenvalue weighted by atomic mass is 10.0. The second-order valence-corrected chi connectivity index (χ2v) is 21.7. The Morgan fingerprint density at radius 2 is 0.662 bits per heavy atom. The van der Waals surface area contributed by atoms with E-state index in [-0.39, 0.29) is 18.5 Å². The summed E-state index contributed by atoms with van der Waals surface area (Å²) < 4.78 is 5.47. The van der Waals surface area contributed by atoms with Gasteiger partial charge >= 0.3 is 5.97 Å². The summed E-state index contributed by atoms with van der Waals surface area (Å²) in [5.74, 6) is -0.0750. The summed E-state index contributed by atoms with van der Waals surface area (Å²) in [7, 11) is 0. The number of rotatable bonds is 59. The highest BCUT2D eigenvalue weighted by Crippen LogP contribution is 2.17. The first kappa shape index (κ1) is 69.1. The Morgan fingerprint density at radius 1 is 0.380 bits per heavy atom. The minimum absolute atomic E-state index is 0.00155. The number of ether oxygens (including phenoxy) is 1. The molecule has 0 radical (unpaired) electrons. The molecule has 2 atom stereocenters. The van der Waals surface area contributed by atoms with E-state index in [2.05, 4.69) is 43.5 Å². The Kier molecular flexibility index (Phi) is 59.0. The summed E-state index contributed by atoms with van der Waals surface area (Å²) in [5, 5.41) is 23.2. The Bertz CT molecular complexity index is 1150. The molecule has 0 aromatic carbocycles. The maximum Gasteiger partial charge on any atom is 0.305 e. The molecule has 6 nitrogen and oxygen atoms in total. The maximum absolute atomic E-state index is 12.5. The van der Waals surface area contributed by atoms with Crippen LogP contribution < -0.4 is 5.32 Å². The Morgan fingerprint density at radius 3 is 1.01 bits per heavy atom. The van der Waals surface area contributed by atoms with Gasteiger partial charge in [-0.2, -0.15) is 0 Å². The molecule has 0 saturated carbocycles. The van der Waals surface area contributed by atoms with Crippen molar-refractivity contribution in [2.24, 2.45) is 0 Å². The van der Waals surface area contributed by atoms with Gasteiger partial charge in [-0.3, -0.25) is 9.59 Å². The van der Waals surface area contributed by atoms with E-state index in [4.69, 9.17) is 4.74 Å². The number of amides is 1. The predicted octanol–water partition coefficient (Wildman–Crippen LogP) is 20.0. The Labute approximate surface area is 443 Å². The number of aliphatic hydroxyl groups is 2. The molecule has 1 amide bonds. The predicted molar refractivity (Wildman–Crippen MR) is 310 cm³/mol. The van der Waals surface area contributed by atoms with Crippen LogP contribution in [0.3, 0.4) is 0 Å². The standard InChI is InChI=1S/C65H123NO5/c1-3-5-7-9-11-13-15-17-18-19-20-24-27-30-34-37-41-45-49-53-57-63(68)62(61-67)66-64(69)58-54-50-46-42-38-35-31-28-25-22-21-23-26-29-32-36-40-44-48-52-56-60-71-65(70)59-55-51-47-43-39-33-16-14-12-10-8-6-4-2/h14,16,22,25,53,57,62-63,67-68H,3-13,15,17-21,23-24,26-52,54-56,58-61H2,1-2H3,(H,66,69)/b16-14-,25-22-,57-53+. The highest BCUT2D eigenvalue weighted by atomic mass is 16.5. The summed E-state index contributed by atoms with van der Waals surface area (Å²) in [6.07, 6.45) is 76.1. The van der Waals surface area contributed by atoms with Gasteiger partial charge < -0.3 is 20.3 Å². The lowest BCUT2D eigenvalue weighted by Crippen LogP contribution is -2.45. The van der Waals surface area contributed by atoms with E-state index >= 15 is 0 Å². The second kappa shape index (κ2) is 60.6. The highest BCUT2D eigenvalue weighted by Gasteiger charge is 2.18. The highest BCUT2D eigenvalue weighted by molar-refractivity contribution is 5.76. The Balaban J connectivity index is 3.46. The number of nitrogens with one attached hydrogen (secondary N) is 1. The summed E-state index contributed by atoms with van der Waals surface area (Å²) in [4.78, 5) is 24.5. The quantitative estimate of drug-likeness (QED) is 0.0321. The first-order valence-corrected chi connectivity index (χ1v) is 31.8. The van der Waals surface area contributed by atoms with Crippen molar-refractivity contribution in [2.45, 2.75) is 353 Å². The van der Waals surface area contributed by atoms with Gasteiger partial charge in [0.2, 0.25) is 5.91 Å². The first-order valence-electron chi connectivity index (χ1n) is 31.8. The van der Waals surface area contributed by atoms with Crippen LogP contribution in [0.1, 0.15) is 341 Å². The number of esters is 1. The van der Waals surface area contributed by atoms with Gasteiger partial charge in [-0.05, 0) is 83.5 Å². The normalized spacial score (nSPS) is 12.8. The van der Waals surface area contributed by atoms with E-state index in [9.17, 15) is 19.8 Å². The van der Waals surface area contributed by atoms with Crippen molar-refractivity contribution < 1.29 is 24.5 Å². The topological polar surface area (TPSA) is 95.9 Å². The van der Waals surface area contributed by atoms with Gasteiger partial charge in [0.05, 0.1) is 25.4 Å². The third-order valence-corrected chi connectivity index (χ3v) is 14.6. The molecule has 0 bridgehead atoms. The zero-order valence-corrected chi connectivity index (χ0v) is 47.7. The number of carbonyl (C=O) groups is 2. The van der Waals surface area contributed by atoms with Crippen LogP contribution in [0.5, 0.6) is 0 Å². The lowest BCUT2D eigenvalue weighted by molar-refractivity contribution is -0.143. The summed E-state index contributed by atoms with van der Waals surface area (Å²) in [5.41, 5.74) is 0. The second-order valence-electron chi connectivity index (χ2n) is 21.7. The molecule has 0 saturated heterocycles. The molecule has 0 aromatic rings. The molecule has 0 heterocycles. The molecule has 0 aromatic heterocycles. The lowest BCUT2D eigenvalue weighted by Gasteiger charge is -2.20. The fourth-order valence-corrected chi connectivity index (χ4v) is 9.74. The minimum Gasteiger partial charge on any atom is -0.466 e. The third-order valence-electron chi connectivity index (χ3n) is 14.6. The molecule has 71 heavy (non-hydrogen) atoms. The molecular weight excluding hydrogens is 875 g/mol. The molecule has 0 spiro atoms. The van der Waals surface area contributed by atoms with Crippen LogP contribution in [-0.2, 0) is 14.3 Å². The summed E-state index contributed by atoms with van der Waals surface area (Å²) in [6.45, 7) is 4.90. The van der Waals surface area contributed by atoms with Crippen LogP contribution in [0, 0.1) is 0 Å². The average molecular weight is 999 g/mol. The average Bonchev–Trinajstić information content (AvgIpc) is 3.37. The monoisotopic (exact) mass is 998 g/mol. The van der Waals surface area contributed by atoms with Crippen LogP contribution in [0.4, 0.5) is 0 Å². The van der Waals surface area contributed by atoms with Crippen molar-refractivity contribution in [3.05, 3.63) is 36.5 Å².